The van der Waals surface area contributed by atoms with Crippen LogP contribution in [0, 0.1) is 11.6 Å². The zero-order valence-electron chi connectivity index (χ0n) is 9.49. The molecule has 1 aliphatic heterocycles. The van der Waals surface area contributed by atoms with Crippen molar-refractivity contribution in [2.24, 2.45) is 0 Å². The molecule has 1 aromatic rings. The SMILES string of the molecule is Nc1ccc(F)c(C(=O)N2CCS(=O)CC2)c1F. The van der Waals surface area contributed by atoms with Crippen molar-refractivity contribution in [1.29, 1.82) is 0 Å². The monoisotopic (exact) mass is 274 g/mol. The van der Waals surface area contributed by atoms with Crippen molar-refractivity contribution >= 4 is 22.4 Å². The van der Waals surface area contributed by atoms with Gasteiger partial charge in [0.05, 0.1) is 5.69 Å². The van der Waals surface area contributed by atoms with E-state index in [1.54, 1.807) is 0 Å². The number of nitrogens with zero attached hydrogens (tertiary/aromatic N) is 1. The van der Waals surface area contributed by atoms with Crippen LogP contribution in [0.25, 0.3) is 0 Å². The normalized spacial score (nSPS) is 16.9. The number of carbonyl (C=O) groups is 1. The van der Waals surface area contributed by atoms with Crippen LogP contribution in [-0.2, 0) is 10.8 Å². The number of carbonyl (C=O) groups excluding carboxylic acids is 1. The molecule has 0 unspecified atom stereocenters. The van der Waals surface area contributed by atoms with Gasteiger partial charge in [-0.05, 0) is 12.1 Å². The van der Waals surface area contributed by atoms with Gasteiger partial charge in [0.25, 0.3) is 5.91 Å². The van der Waals surface area contributed by atoms with Gasteiger partial charge in [-0.25, -0.2) is 8.78 Å². The maximum atomic E-state index is 13.7. The summed E-state index contributed by atoms with van der Waals surface area (Å²) in [4.78, 5) is 13.3. The summed E-state index contributed by atoms with van der Waals surface area (Å²) in [5.74, 6) is -2.05. The number of nitrogen functional groups attached to an aromatic ring is 1. The van der Waals surface area contributed by atoms with Gasteiger partial charge in [-0.15, -0.1) is 0 Å². The van der Waals surface area contributed by atoms with Gasteiger partial charge in [0.15, 0.2) is 5.82 Å². The average molecular weight is 274 g/mol. The Morgan fingerprint density at radius 2 is 1.89 bits per heavy atom. The molecular weight excluding hydrogens is 262 g/mol. The molecule has 1 amide bonds. The molecule has 0 atom stereocenters. The fourth-order valence-corrected chi connectivity index (χ4v) is 2.82. The lowest BCUT2D eigenvalue weighted by atomic mass is 10.1. The van der Waals surface area contributed by atoms with Gasteiger partial charge in [-0.2, -0.15) is 0 Å². The van der Waals surface area contributed by atoms with Crippen molar-refractivity contribution in [3.63, 3.8) is 0 Å². The molecule has 1 saturated heterocycles. The highest BCUT2D eigenvalue weighted by atomic mass is 32.2. The number of hydrogen-bond acceptors (Lipinski definition) is 3. The van der Waals surface area contributed by atoms with Crippen molar-refractivity contribution in [3.05, 3.63) is 29.3 Å². The largest absolute Gasteiger partial charge is 0.396 e. The van der Waals surface area contributed by atoms with Crippen molar-refractivity contribution in [2.45, 2.75) is 0 Å². The lowest BCUT2D eigenvalue weighted by Gasteiger charge is -2.26. The molecule has 0 aromatic heterocycles. The second-order valence-electron chi connectivity index (χ2n) is 3.97. The van der Waals surface area contributed by atoms with Crippen molar-refractivity contribution in [3.8, 4) is 0 Å². The van der Waals surface area contributed by atoms with E-state index in [1.807, 2.05) is 0 Å². The van der Waals surface area contributed by atoms with Crippen molar-refractivity contribution in [2.75, 3.05) is 30.3 Å². The van der Waals surface area contributed by atoms with E-state index in [2.05, 4.69) is 0 Å². The van der Waals surface area contributed by atoms with Gasteiger partial charge in [0, 0.05) is 35.4 Å². The quantitative estimate of drug-likeness (QED) is 0.769. The first-order valence-electron chi connectivity index (χ1n) is 5.38. The molecule has 1 fully saturated rings. The molecule has 0 radical (unpaired) electrons. The molecule has 2 rings (SSSR count). The number of rotatable bonds is 1. The van der Waals surface area contributed by atoms with Gasteiger partial charge in [-0.1, -0.05) is 0 Å². The van der Waals surface area contributed by atoms with Crippen LogP contribution in [0.3, 0.4) is 0 Å². The molecule has 0 spiro atoms. The maximum Gasteiger partial charge on any atom is 0.259 e. The van der Waals surface area contributed by atoms with E-state index in [-0.39, 0.29) is 18.8 Å². The summed E-state index contributed by atoms with van der Waals surface area (Å²) in [7, 11) is -0.955. The minimum absolute atomic E-state index is 0.235. The highest BCUT2D eigenvalue weighted by Gasteiger charge is 2.27. The van der Waals surface area contributed by atoms with Crippen LogP contribution in [0.4, 0.5) is 14.5 Å². The van der Waals surface area contributed by atoms with E-state index < -0.39 is 33.9 Å². The summed E-state index contributed by atoms with van der Waals surface area (Å²) < 4.78 is 38.3. The first-order chi connectivity index (χ1) is 8.50. The first-order valence-corrected chi connectivity index (χ1v) is 6.87. The van der Waals surface area contributed by atoms with Crippen LogP contribution >= 0.6 is 0 Å². The summed E-state index contributed by atoms with van der Waals surface area (Å²) in [6, 6.07) is 2.04. The number of nitrogens with two attached hydrogens (primary N) is 1. The Labute approximate surface area is 105 Å². The van der Waals surface area contributed by atoms with Crippen LogP contribution in [0.1, 0.15) is 10.4 Å². The number of amides is 1. The van der Waals surface area contributed by atoms with Crippen LogP contribution < -0.4 is 5.73 Å². The molecule has 1 heterocycles. The molecule has 0 aliphatic carbocycles. The third kappa shape index (κ3) is 2.35. The van der Waals surface area contributed by atoms with Gasteiger partial charge in [0.2, 0.25) is 0 Å². The number of halogens is 2. The lowest BCUT2D eigenvalue weighted by molar-refractivity contribution is 0.0761. The minimum atomic E-state index is -1.04. The second kappa shape index (κ2) is 5.01. The van der Waals surface area contributed by atoms with E-state index in [0.29, 0.717) is 11.5 Å². The fraction of sp³-hybridized carbons (Fsp3) is 0.364. The predicted octanol–water partition coefficient (Wildman–Crippen LogP) is 0.752. The Bertz CT molecular complexity index is 512. The highest BCUT2D eigenvalue weighted by Crippen LogP contribution is 2.20. The van der Waals surface area contributed by atoms with Gasteiger partial charge in [-0.3, -0.25) is 9.00 Å². The molecule has 4 nitrogen and oxygen atoms in total. The molecule has 18 heavy (non-hydrogen) atoms. The molecule has 98 valence electrons. The summed E-state index contributed by atoms with van der Waals surface area (Å²) >= 11 is 0. The first kappa shape index (κ1) is 12.9. The Balaban J connectivity index is 2.29. The molecule has 0 bridgehead atoms. The highest BCUT2D eigenvalue weighted by molar-refractivity contribution is 7.85. The van der Waals surface area contributed by atoms with Crippen LogP contribution in [0.15, 0.2) is 12.1 Å². The Morgan fingerprint density at radius 3 is 2.50 bits per heavy atom. The van der Waals surface area contributed by atoms with Crippen LogP contribution in [0.2, 0.25) is 0 Å². The molecular formula is C11H12F2N2O2S. The predicted molar refractivity (Wildman–Crippen MR) is 64.6 cm³/mol. The number of hydrogen-bond donors (Lipinski definition) is 1. The van der Waals surface area contributed by atoms with E-state index in [9.17, 15) is 17.8 Å². The molecule has 1 aliphatic rings. The van der Waals surface area contributed by atoms with E-state index >= 15 is 0 Å². The van der Waals surface area contributed by atoms with Crippen molar-refractivity contribution in [1.82, 2.24) is 4.90 Å². The zero-order chi connectivity index (χ0) is 13.3. The molecule has 2 N–H and O–H groups in total. The Morgan fingerprint density at radius 1 is 1.28 bits per heavy atom. The summed E-state index contributed by atoms with van der Waals surface area (Å²) in [6.45, 7) is 0.470. The molecule has 7 heteroatoms. The summed E-state index contributed by atoms with van der Waals surface area (Å²) in [5, 5.41) is 0. The third-order valence-electron chi connectivity index (χ3n) is 2.80. The average Bonchev–Trinajstić information content (AvgIpc) is 2.35. The van der Waals surface area contributed by atoms with Crippen LogP contribution in [-0.4, -0.2) is 39.6 Å². The molecule has 0 saturated carbocycles. The zero-order valence-corrected chi connectivity index (χ0v) is 10.3. The van der Waals surface area contributed by atoms with Gasteiger partial charge < -0.3 is 10.6 Å². The maximum absolute atomic E-state index is 13.7. The second-order valence-corrected chi connectivity index (χ2v) is 5.66. The molecule has 1 aromatic carbocycles. The smallest absolute Gasteiger partial charge is 0.259 e. The van der Waals surface area contributed by atoms with Gasteiger partial charge >= 0.3 is 0 Å². The number of anilines is 1. The van der Waals surface area contributed by atoms with Crippen LogP contribution in [0.5, 0.6) is 0 Å². The Kier molecular flexibility index (Phi) is 3.60. The topological polar surface area (TPSA) is 63.4 Å². The van der Waals surface area contributed by atoms with E-state index in [1.165, 1.54) is 4.90 Å². The van der Waals surface area contributed by atoms with Crippen molar-refractivity contribution < 1.29 is 17.8 Å². The Hall–Kier alpha value is -1.50. The number of benzene rings is 1. The summed E-state index contributed by atoms with van der Waals surface area (Å²) in [5.41, 5.74) is 4.42. The van der Waals surface area contributed by atoms with E-state index in [4.69, 9.17) is 5.73 Å². The van der Waals surface area contributed by atoms with Gasteiger partial charge in [0.1, 0.15) is 11.4 Å². The standard InChI is InChI=1S/C11H12F2N2O2S/c12-7-1-2-8(14)10(13)9(7)11(16)15-3-5-18(17)6-4-15/h1-2H,3-6,14H2. The lowest BCUT2D eigenvalue weighted by Crippen LogP contribution is -2.42. The summed E-state index contributed by atoms with van der Waals surface area (Å²) in [6.07, 6.45) is 0. The minimum Gasteiger partial charge on any atom is -0.396 e. The fourth-order valence-electron chi connectivity index (χ4n) is 1.76. The van der Waals surface area contributed by atoms with E-state index in [0.717, 1.165) is 12.1 Å². The third-order valence-corrected chi connectivity index (χ3v) is 4.08.